The molecule has 0 spiro atoms. The van der Waals surface area contributed by atoms with Gasteiger partial charge >= 0.3 is 0 Å². The molecule has 0 aliphatic rings. The standard InChI is InChI=1S/C23H26BrN5O3S/c1-14(2)20(26-22(31)15-5-11-18(32-4)12-6-15)21-27-28-23(29(21)3)33-13-19(30)25-17-9-7-16(24)8-10-17/h5-12,14,20H,13H2,1-4H3,(H,25,30)(H,26,31)/t20-/m0/s1. The lowest BCUT2D eigenvalue weighted by atomic mass is 10.0. The summed E-state index contributed by atoms with van der Waals surface area (Å²) in [5.41, 5.74) is 1.26. The lowest BCUT2D eigenvalue weighted by molar-refractivity contribution is -0.113. The fraction of sp³-hybridized carbons (Fsp3) is 0.304. The Morgan fingerprint density at radius 2 is 1.76 bits per heavy atom. The molecule has 1 heterocycles. The highest BCUT2D eigenvalue weighted by Gasteiger charge is 2.25. The Morgan fingerprint density at radius 3 is 2.36 bits per heavy atom. The van der Waals surface area contributed by atoms with E-state index in [0.29, 0.717) is 22.3 Å². The summed E-state index contributed by atoms with van der Waals surface area (Å²) in [7, 11) is 3.41. The number of hydrogen-bond donors (Lipinski definition) is 2. The van der Waals surface area contributed by atoms with Crippen molar-refractivity contribution in [1.82, 2.24) is 20.1 Å². The van der Waals surface area contributed by atoms with Crippen molar-refractivity contribution >= 4 is 45.2 Å². The van der Waals surface area contributed by atoms with Crippen molar-refractivity contribution in [2.24, 2.45) is 13.0 Å². The van der Waals surface area contributed by atoms with Gasteiger partial charge in [0.1, 0.15) is 5.75 Å². The number of carbonyl (C=O) groups is 2. The van der Waals surface area contributed by atoms with Crippen LogP contribution in [-0.4, -0.2) is 39.4 Å². The maximum atomic E-state index is 12.8. The molecule has 0 aliphatic heterocycles. The van der Waals surface area contributed by atoms with Crippen molar-refractivity contribution in [3.8, 4) is 5.75 Å². The predicted molar refractivity (Wildman–Crippen MR) is 133 cm³/mol. The van der Waals surface area contributed by atoms with E-state index in [1.165, 1.54) is 11.8 Å². The summed E-state index contributed by atoms with van der Waals surface area (Å²) in [6.45, 7) is 4.01. The first-order chi connectivity index (χ1) is 15.8. The van der Waals surface area contributed by atoms with Gasteiger partial charge in [0.2, 0.25) is 5.91 Å². The van der Waals surface area contributed by atoms with Gasteiger partial charge in [0.05, 0.1) is 18.9 Å². The second kappa shape index (κ2) is 11.3. The lowest BCUT2D eigenvalue weighted by Crippen LogP contribution is -2.33. The Hall–Kier alpha value is -2.85. The largest absolute Gasteiger partial charge is 0.497 e. The van der Waals surface area contributed by atoms with Crippen LogP contribution in [0.3, 0.4) is 0 Å². The molecule has 3 rings (SSSR count). The summed E-state index contributed by atoms with van der Waals surface area (Å²) in [4.78, 5) is 25.1. The average molecular weight is 532 g/mol. The molecule has 0 fully saturated rings. The molecule has 0 aliphatic carbocycles. The van der Waals surface area contributed by atoms with Crippen LogP contribution in [0.25, 0.3) is 0 Å². The summed E-state index contributed by atoms with van der Waals surface area (Å²) in [6.07, 6.45) is 0. The highest BCUT2D eigenvalue weighted by molar-refractivity contribution is 9.10. The molecule has 0 saturated heterocycles. The smallest absolute Gasteiger partial charge is 0.251 e. The number of benzene rings is 2. The Morgan fingerprint density at radius 1 is 1.09 bits per heavy atom. The molecule has 174 valence electrons. The number of hydrogen-bond acceptors (Lipinski definition) is 6. The van der Waals surface area contributed by atoms with Gasteiger partial charge in [-0.05, 0) is 54.4 Å². The molecule has 0 radical (unpaired) electrons. The van der Waals surface area contributed by atoms with E-state index in [2.05, 4.69) is 36.8 Å². The zero-order chi connectivity index (χ0) is 24.0. The first-order valence-electron chi connectivity index (χ1n) is 10.3. The monoisotopic (exact) mass is 531 g/mol. The van der Waals surface area contributed by atoms with Crippen LogP contribution in [-0.2, 0) is 11.8 Å². The number of halogens is 1. The third-order valence-corrected chi connectivity index (χ3v) is 6.46. The first-order valence-corrected chi connectivity index (χ1v) is 12.1. The molecule has 0 saturated carbocycles. The van der Waals surface area contributed by atoms with Crippen molar-refractivity contribution in [2.75, 3.05) is 18.2 Å². The summed E-state index contributed by atoms with van der Waals surface area (Å²) in [5.74, 6) is 1.23. The minimum atomic E-state index is -0.344. The fourth-order valence-electron chi connectivity index (χ4n) is 3.08. The topological polar surface area (TPSA) is 98.1 Å². The minimum Gasteiger partial charge on any atom is -0.497 e. The van der Waals surface area contributed by atoms with Crippen LogP contribution < -0.4 is 15.4 Å². The Balaban J connectivity index is 1.65. The number of amides is 2. The van der Waals surface area contributed by atoms with E-state index in [0.717, 1.165) is 10.2 Å². The van der Waals surface area contributed by atoms with Crippen LogP contribution in [0.4, 0.5) is 5.69 Å². The lowest BCUT2D eigenvalue weighted by Gasteiger charge is -2.21. The van der Waals surface area contributed by atoms with E-state index in [9.17, 15) is 9.59 Å². The Bertz CT molecular complexity index is 1100. The molecule has 3 aromatic rings. The molecule has 2 aromatic carbocycles. The Kier molecular flexibility index (Phi) is 8.51. The third kappa shape index (κ3) is 6.58. The van der Waals surface area contributed by atoms with Gasteiger partial charge in [0.25, 0.3) is 5.91 Å². The molecule has 33 heavy (non-hydrogen) atoms. The van der Waals surface area contributed by atoms with E-state index in [1.54, 1.807) is 31.4 Å². The van der Waals surface area contributed by atoms with E-state index < -0.39 is 0 Å². The van der Waals surface area contributed by atoms with E-state index in [-0.39, 0.29) is 29.5 Å². The summed E-state index contributed by atoms with van der Waals surface area (Å²) < 4.78 is 7.91. The van der Waals surface area contributed by atoms with Crippen molar-refractivity contribution in [1.29, 1.82) is 0 Å². The van der Waals surface area contributed by atoms with Crippen LogP contribution in [0.2, 0.25) is 0 Å². The van der Waals surface area contributed by atoms with Gasteiger partial charge in [0.15, 0.2) is 11.0 Å². The molecule has 2 amide bonds. The number of methoxy groups -OCH3 is 1. The van der Waals surface area contributed by atoms with E-state index >= 15 is 0 Å². The normalized spacial score (nSPS) is 11.8. The third-order valence-electron chi connectivity index (χ3n) is 4.91. The van der Waals surface area contributed by atoms with Crippen LogP contribution in [0, 0.1) is 5.92 Å². The molecule has 10 heteroatoms. The number of rotatable bonds is 9. The fourth-order valence-corrected chi connectivity index (χ4v) is 4.06. The molecule has 0 bridgehead atoms. The number of nitrogens with one attached hydrogen (secondary N) is 2. The molecular formula is C23H26BrN5O3S. The van der Waals surface area contributed by atoms with Gasteiger partial charge in [-0.15, -0.1) is 10.2 Å². The zero-order valence-electron chi connectivity index (χ0n) is 18.8. The number of carbonyl (C=O) groups excluding carboxylic acids is 2. The van der Waals surface area contributed by atoms with Gasteiger partial charge in [-0.1, -0.05) is 41.5 Å². The molecular weight excluding hydrogens is 506 g/mol. The summed E-state index contributed by atoms with van der Waals surface area (Å²) in [5, 5.41) is 15.0. The quantitative estimate of drug-likeness (QED) is 0.396. The zero-order valence-corrected chi connectivity index (χ0v) is 21.2. The van der Waals surface area contributed by atoms with Crippen molar-refractivity contribution in [3.63, 3.8) is 0 Å². The van der Waals surface area contributed by atoms with Crippen LogP contribution >= 0.6 is 27.7 Å². The van der Waals surface area contributed by atoms with Gasteiger partial charge in [-0.25, -0.2) is 0 Å². The number of nitrogens with zero attached hydrogens (tertiary/aromatic N) is 3. The van der Waals surface area contributed by atoms with Crippen LogP contribution in [0.15, 0.2) is 58.2 Å². The van der Waals surface area contributed by atoms with Crippen molar-refractivity contribution in [2.45, 2.75) is 25.0 Å². The second-order valence-electron chi connectivity index (χ2n) is 7.67. The number of anilines is 1. The molecule has 1 atom stereocenters. The molecule has 1 aromatic heterocycles. The summed E-state index contributed by atoms with van der Waals surface area (Å²) >= 11 is 4.66. The predicted octanol–water partition coefficient (Wildman–Crippen LogP) is 4.44. The highest BCUT2D eigenvalue weighted by Crippen LogP contribution is 2.25. The molecule has 8 nitrogen and oxygen atoms in total. The summed E-state index contributed by atoms with van der Waals surface area (Å²) in [6, 6.07) is 14.0. The molecule has 2 N–H and O–H groups in total. The maximum absolute atomic E-state index is 12.8. The van der Waals surface area contributed by atoms with Crippen molar-refractivity contribution in [3.05, 3.63) is 64.4 Å². The highest BCUT2D eigenvalue weighted by atomic mass is 79.9. The maximum Gasteiger partial charge on any atom is 0.251 e. The number of thioether (sulfide) groups is 1. The van der Waals surface area contributed by atoms with Gasteiger partial charge < -0.3 is 19.9 Å². The average Bonchev–Trinajstić information content (AvgIpc) is 3.17. The van der Waals surface area contributed by atoms with Crippen LogP contribution in [0.1, 0.15) is 36.1 Å². The van der Waals surface area contributed by atoms with Crippen LogP contribution in [0.5, 0.6) is 5.75 Å². The number of aromatic nitrogens is 3. The van der Waals surface area contributed by atoms with Gasteiger partial charge in [-0.3, -0.25) is 9.59 Å². The molecule has 0 unspecified atom stereocenters. The van der Waals surface area contributed by atoms with Gasteiger partial charge in [-0.2, -0.15) is 0 Å². The second-order valence-corrected chi connectivity index (χ2v) is 9.53. The Labute approximate surface area is 205 Å². The van der Waals surface area contributed by atoms with Gasteiger partial charge in [0, 0.05) is 22.8 Å². The van der Waals surface area contributed by atoms with E-state index in [1.807, 2.05) is 49.7 Å². The van der Waals surface area contributed by atoms with E-state index in [4.69, 9.17) is 4.74 Å². The minimum absolute atomic E-state index is 0.0775. The first kappa shape index (κ1) is 24.8. The SMILES string of the molecule is COc1ccc(C(=O)N[C@H](c2nnc(SCC(=O)Nc3ccc(Br)cc3)n2C)C(C)C)cc1. The van der Waals surface area contributed by atoms with Crippen molar-refractivity contribution < 1.29 is 14.3 Å². The number of ether oxygens (including phenoxy) is 1.